The third kappa shape index (κ3) is 3.51. The second kappa shape index (κ2) is 7.96. The Labute approximate surface area is 183 Å². The zero-order valence-electron chi connectivity index (χ0n) is 14.6. The Hall–Kier alpha value is -1.71. The Kier molecular flexibility index (Phi) is 5.57. The van der Waals surface area contributed by atoms with E-state index in [1.807, 2.05) is 42.5 Å². The van der Waals surface area contributed by atoms with Crippen LogP contribution in [0.15, 0.2) is 60.7 Å². The van der Waals surface area contributed by atoms with E-state index in [0.717, 1.165) is 17.5 Å². The molecule has 0 radical (unpaired) electrons. The van der Waals surface area contributed by atoms with Gasteiger partial charge in [0, 0.05) is 16.6 Å². The van der Waals surface area contributed by atoms with Gasteiger partial charge >= 0.3 is 0 Å². The Morgan fingerprint density at radius 3 is 2.11 bits per heavy atom. The highest BCUT2D eigenvalue weighted by atomic mass is 35.5. The van der Waals surface area contributed by atoms with Gasteiger partial charge in [0.25, 0.3) is 5.91 Å². The molecule has 0 N–H and O–H groups in total. The number of benzene rings is 3. The fourth-order valence-electron chi connectivity index (χ4n) is 3.71. The lowest BCUT2D eigenvalue weighted by Gasteiger charge is -2.38. The molecule has 1 aliphatic rings. The van der Waals surface area contributed by atoms with E-state index in [-0.39, 0.29) is 27.6 Å². The minimum Gasteiger partial charge on any atom is -0.327 e. The quantitative estimate of drug-likeness (QED) is 0.408. The van der Waals surface area contributed by atoms with Crippen LogP contribution in [-0.4, -0.2) is 17.4 Å². The standard InChI is InChI=1S/C22H15Cl4NO/c23-14-11-18(25)20(19(26)12-14)22(28)27-10-9-13-5-1-2-6-15(13)21(27)16-7-3-4-8-17(16)24/h1-8,11-12,21H,9-10H2/t21-/m0/s1. The van der Waals surface area contributed by atoms with Gasteiger partial charge in [-0.1, -0.05) is 88.9 Å². The summed E-state index contributed by atoms with van der Waals surface area (Å²) in [6.45, 7) is 0.529. The lowest BCUT2D eigenvalue weighted by Crippen LogP contribution is -2.41. The first kappa shape index (κ1) is 19.6. The first-order valence-corrected chi connectivity index (χ1v) is 10.3. The van der Waals surface area contributed by atoms with Gasteiger partial charge < -0.3 is 4.90 Å². The third-order valence-electron chi connectivity index (χ3n) is 4.96. The predicted molar refractivity (Wildman–Crippen MR) is 116 cm³/mol. The number of hydrogen-bond donors (Lipinski definition) is 0. The molecule has 28 heavy (non-hydrogen) atoms. The number of carbonyl (C=O) groups is 1. The summed E-state index contributed by atoms with van der Waals surface area (Å²) in [5.41, 5.74) is 3.37. The first-order valence-electron chi connectivity index (χ1n) is 8.75. The van der Waals surface area contributed by atoms with E-state index in [1.54, 1.807) is 4.90 Å². The summed E-state index contributed by atoms with van der Waals surface area (Å²) in [7, 11) is 0. The van der Waals surface area contributed by atoms with Crippen molar-refractivity contribution in [2.45, 2.75) is 12.5 Å². The molecule has 1 atom stereocenters. The SMILES string of the molecule is O=C(c1c(Cl)cc(Cl)cc1Cl)N1CCc2ccccc2[C@H]1c1ccccc1Cl. The number of fused-ring (bicyclic) bond motifs is 1. The van der Waals surface area contributed by atoms with Crippen molar-refractivity contribution in [3.05, 3.63) is 103 Å². The van der Waals surface area contributed by atoms with Crippen LogP contribution in [0.25, 0.3) is 0 Å². The van der Waals surface area contributed by atoms with E-state index >= 15 is 0 Å². The van der Waals surface area contributed by atoms with E-state index in [4.69, 9.17) is 46.4 Å². The molecule has 1 amide bonds. The van der Waals surface area contributed by atoms with Crippen molar-refractivity contribution in [1.29, 1.82) is 0 Å². The number of carbonyl (C=O) groups excluding carboxylic acids is 1. The van der Waals surface area contributed by atoms with E-state index in [0.29, 0.717) is 16.6 Å². The van der Waals surface area contributed by atoms with Crippen molar-refractivity contribution in [2.75, 3.05) is 6.54 Å². The molecule has 0 bridgehead atoms. The number of amides is 1. The molecule has 4 rings (SSSR count). The largest absolute Gasteiger partial charge is 0.327 e. The van der Waals surface area contributed by atoms with Crippen LogP contribution in [0, 0.1) is 0 Å². The molecular weight excluding hydrogens is 436 g/mol. The maximum atomic E-state index is 13.5. The average molecular weight is 451 g/mol. The van der Waals surface area contributed by atoms with Gasteiger partial charge in [-0.05, 0) is 41.3 Å². The summed E-state index contributed by atoms with van der Waals surface area (Å²) >= 11 is 25.2. The zero-order chi connectivity index (χ0) is 19.8. The molecule has 0 saturated carbocycles. The highest BCUT2D eigenvalue weighted by Gasteiger charge is 2.35. The van der Waals surface area contributed by atoms with Gasteiger partial charge in [-0.25, -0.2) is 0 Å². The number of nitrogens with zero attached hydrogens (tertiary/aromatic N) is 1. The topological polar surface area (TPSA) is 20.3 Å². The van der Waals surface area contributed by atoms with Crippen molar-refractivity contribution in [3.63, 3.8) is 0 Å². The van der Waals surface area contributed by atoms with E-state index in [2.05, 4.69) is 6.07 Å². The Balaban J connectivity index is 1.87. The van der Waals surface area contributed by atoms with Crippen molar-refractivity contribution < 1.29 is 4.79 Å². The van der Waals surface area contributed by atoms with Gasteiger partial charge in [-0.2, -0.15) is 0 Å². The first-order chi connectivity index (χ1) is 13.5. The molecule has 0 saturated heterocycles. The lowest BCUT2D eigenvalue weighted by molar-refractivity contribution is 0.0695. The van der Waals surface area contributed by atoms with Crippen molar-refractivity contribution in [2.24, 2.45) is 0 Å². The number of hydrogen-bond acceptors (Lipinski definition) is 1. The molecule has 0 fully saturated rings. The highest BCUT2D eigenvalue weighted by Crippen LogP contribution is 2.40. The van der Waals surface area contributed by atoms with E-state index in [1.165, 1.54) is 17.7 Å². The Morgan fingerprint density at radius 2 is 1.43 bits per heavy atom. The monoisotopic (exact) mass is 449 g/mol. The van der Waals surface area contributed by atoms with Crippen LogP contribution in [0.5, 0.6) is 0 Å². The molecule has 0 aliphatic carbocycles. The van der Waals surface area contributed by atoms with Crippen molar-refractivity contribution in [1.82, 2.24) is 4.90 Å². The summed E-state index contributed by atoms with van der Waals surface area (Å²) in [5, 5.41) is 1.46. The van der Waals surface area contributed by atoms with Gasteiger partial charge in [0.1, 0.15) is 0 Å². The molecule has 2 nitrogen and oxygen atoms in total. The van der Waals surface area contributed by atoms with Crippen LogP contribution < -0.4 is 0 Å². The minimum absolute atomic E-state index is 0.235. The van der Waals surface area contributed by atoms with E-state index < -0.39 is 0 Å². The second-order valence-electron chi connectivity index (χ2n) is 6.62. The Morgan fingerprint density at radius 1 is 0.821 bits per heavy atom. The van der Waals surface area contributed by atoms with Crippen molar-refractivity contribution >= 4 is 52.3 Å². The maximum Gasteiger partial charge on any atom is 0.257 e. The van der Waals surface area contributed by atoms with Gasteiger partial charge in [0.05, 0.1) is 21.7 Å². The molecule has 0 spiro atoms. The molecule has 142 valence electrons. The van der Waals surface area contributed by atoms with Gasteiger partial charge in [0.2, 0.25) is 0 Å². The fourth-order valence-corrected chi connectivity index (χ4v) is 4.93. The van der Waals surface area contributed by atoms with Crippen LogP contribution in [0.1, 0.15) is 33.1 Å². The van der Waals surface area contributed by atoms with Crippen LogP contribution in [0.3, 0.4) is 0 Å². The van der Waals surface area contributed by atoms with Gasteiger partial charge in [-0.3, -0.25) is 4.79 Å². The summed E-state index contributed by atoms with van der Waals surface area (Å²) in [4.78, 5) is 15.3. The highest BCUT2D eigenvalue weighted by molar-refractivity contribution is 6.42. The van der Waals surface area contributed by atoms with E-state index in [9.17, 15) is 4.79 Å². The summed E-state index contributed by atoms with van der Waals surface area (Å²) < 4.78 is 0. The molecule has 3 aromatic rings. The minimum atomic E-state index is -0.325. The molecule has 1 aliphatic heterocycles. The smallest absolute Gasteiger partial charge is 0.257 e. The zero-order valence-corrected chi connectivity index (χ0v) is 17.7. The van der Waals surface area contributed by atoms with Crippen LogP contribution in [0.2, 0.25) is 20.1 Å². The lowest BCUT2D eigenvalue weighted by atomic mass is 9.87. The molecule has 0 aromatic heterocycles. The summed E-state index contributed by atoms with van der Waals surface area (Å²) in [5.74, 6) is -0.244. The summed E-state index contributed by atoms with van der Waals surface area (Å²) in [6.07, 6.45) is 0.742. The number of halogens is 4. The van der Waals surface area contributed by atoms with Crippen LogP contribution in [0.4, 0.5) is 0 Å². The van der Waals surface area contributed by atoms with Crippen LogP contribution in [-0.2, 0) is 6.42 Å². The number of rotatable bonds is 2. The third-order valence-corrected chi connectivity index (χ3v) is 6.12. The fraction of sp³-hybridized carbons (Fsp3) is 0.136. The van der Waals surface area contributed by atoms with Gasteiger partial charge in [0.15, 0.2) is 0 Å². The molecule has 1 heterocycles. The normalized spacial score (nSPS) is 16.0. The predicted octanol–water partition coefficient (Wildman–Crippen LogP) is 7.09. The average Bonchev–Trinajstić information content (AvgIpc) is 2.67. The molecule has 6 heteroatoms. The van der Waals surface area contributed by atoms with Gasteiger partial charge in [-0.15, -0.1) is 0 Å². The Bertz CT molecular complexity index is 1040. The molecule has 0 unspecified atom stereocenters. The van der Waals surface area contributed by atoms with Crippen LogP contribution >= 0.6 is 46.4 Å². The maximum absolute atomic E-state index is 13.5. The molecule has 3 aromatic carbocycles. The summed E-state index contributed by atoms with van der Waals surface area (Å²) in [6, 6.07) is 18.4. The molecular formula is C22H15Cl4NO. The second-order valence-corrected chi connectivity index (χ2v) is 8.27. The van der Waals surface area contributed by atoms with Crippen molar-refractivity contribution in [3.8, 4) is 0 Å².